The van der Waals surface area contributed by atoms with E-state index in [-0.39, 0.29) is 7.02 Å². The van der Waals surface area contributed by atoms with Crippen LogP contribution in [0.4, 0.5) is 0 Å². The molecule has 0 atom stereocenters. The first-order chi connectivity index (χ1) is 4.34. The molecule has 0 amide bonds. The van der Waals surface area contributed by atoms with Crippen molar-refractivity contribution in [3.63, 3.8) is 0 Å². The normalized spacial score (nSPS) is 10.9. The Morgan fingerprint density at radius 2 is 2.00 bits per heavy atom. The first-order valence-corrected chi connectivity index (χ1v) is 8.77. The number of hydrogen-bond acceptors (Lipinski definition) is 0. The van der Waals surface area contributed by atoms with E-state index in [2.05, 4.69) is 53.0 Å². The molecule has 0 unspecified atom stereocenters. The number of hydrogen-bond donors (Lipinski definition) is 0. The van der Waals surface area contributed by atoms with E-state index in [0.717, 1.165) is 0 Å². The third-order valence-corrected chi connectivity index (χ3v) is 4.95. The van der Waals surface area contributed by atoms with Crippen LogP contribution in [0.25, 0.3) is 0 Å². The molecule has 0 N–H and O–H groups in total. The molecule has 48 valence electrons. The van der Waals surface area contributed by atoms with E-state index in [1.807, 2.05) is 0 Å². The van der Waals surface area contributed by atoms with Gasteiger partial charge in [-0.3, -0.25) is 0 Å². The zero-order valence-corrected chi connectivity index (χ0v) is 8.97. The Morgan fingerprint density at radius 3 is 2.44 bits per heavy atom. The van der Waals surface area contributed by atoms with Crippen molar-refractivity contribution in [1.29, 1.82) is 0 Å². The van der Waals surface area contributed by atoms with Crippen molar-refractivity contribution in [3.8, 4) is 0 Å². The van der Waals surface area contributed by atoms with Crippen molar-refractivity contribution in [2.75, 3.05) is 0 Å². The molecule has 0 aromatic heterocycles. The molecule has 1 aromatic carbocycles. The predicted molar refractivity (Wildman–Crippen MR) is 53.4 cm³/mol. The van der Waals surface area contributed by atoms with E-state index in [1.165, 1.54) is 5.56 Å². The summed E-state index contributed by atoms with van der Waals surface area (Å²) in [6.45, 7) is 2.18. The van der Waals surface area contributed by atoms with Gasteiger partial charge in [-0.1, -0.05) is 35.0 Å². The molecule has 0 bridgehead atoms. The van der Waals surface area contributed by atoms with Gasteiger partial charge in [0.15, 0.2) is 0 Å². The largest absolute Gasteiger partial charge is 0.125 e. The predicted octanol–water partition coefficient (Wildman–Crippen LogP) is 1.14. The minimum absolute atomic E-state index is 0.0323. The highest BCUT2D eigenvalue weighted by atomic mass is 127. The van der Waals surface area contributed by atoms with Crippen LogP contribution >= 0.6 is 21.8 Å². The smallest absolute Gasteiger partial charge is 0.122 e. The van der Waals surface area contributed by atoms with Crippen LogP contribution in [0, 0.1) is 6.92 Å². The second-order valence-corrected chi connectivity index (χ2v) is 5.38. The zero-order valence-electron chi connectivity index (χ0n) is 5.39. The van der Waals surface area contributed by atoms with Crippen molar-refractivity contribution in [1.82, 2.24) is 0 Å². The molecular formula is C7H9ISi. The van der Waals surface area contributed by atoms with Crippen LogP contribution in [0.15, 0.2) is 24.3 Å². The van der Waals surface area contributed by atoms with Gasteiger partial charge in [0, 0.05) is 0 Å². The van der Waals surface area contributed by atoms with Crippen LogP contribution in [0.5, 0.6) is 0 Å². The third-order valence-electron chi connectivity index (χ3n) is 1.41. The van der Waals surface area contributed by atoms with Crippen LogP contribution in [-0.4, -0.2) is 7.02 Å². The quantitative estimate of drug-likeness (QED) is 0.397. The van der Waals surface area contributed by atoms with E-state index in [0.29, 0.717) is 0 Å². The number of aryl methyl sites for hydroxylation is 1. The molecule has 9 heavy (non-hydrogen) atoms. The first kappa shape index (κ1) is 7.28. The minimum Gasteiger partial charge on any atom is -0.122 e. The lowest BCUT2D eigenvalue weighted by molar-refractivity contribution is 1.52. The van der Waals surface area contributed by atoms with Crippen molar-refractivity contribution in [3.05, 3.63) is 29.8 Å². The number of rotatable bonds is 1. The highest BCUT2D eigenvalue weighted by Crippen LogP contribution is 1.93. The molecule has 0 spiro atoms. The molecule has 0 aliphatic carbocycles. The van der Waals surface area contributed by atoms with Gasteiger partial charge in [0.05, 0.1) is 0 Å². The topological polar surface area (TPSA) is 0 Å². The summed E-state index contributed by atoms with van der Waals surface area (Å²) in [5.74, 6) is 0. The van der Waals surface area contributed by atoms with Crippen molar-refractivity contribution < 1.29 is 0 Å². The molecule has 0 aliphatic heterocycles. The lowest BCUT2D eigenvalue weighted by Gasteiger charge is -1.97. The van der Waals surface area contributed by atoms with Gasteiger partial charge in [-0.2, -0.15) is 0 Å². The number of halogens is 1. The molecule has 1 aromatic rings. The Bertz CT molecular complexity index is 198. The monoisotopic (exact) mass is 248 g/mol. The van der Waals surface area contributed by atoms with Crippen LogP contribution in [0.1, 0.15) is 5.56 Å². The molecule has 2 heteroatoms. The summed E-state index contributed by atoms with van der Waals surface area (Å²) in [6.07, 6.45) is 0. The summed E-state index contributed by atoms with van der Waals surface area (Å²) in [6, 6.07) is 8.63. The fourth-order valence-corrected chi connectivity index (χ4v) is 3.88. The molecule has 0 nitrogen and oxygen atoms in total. The summed E-state index contributed by atoms with van der Waals surface area (Å²) < 4.78 is 0. The highest BCUT2D eigenvalue weighted by molar-refractivity contribution is 14.1. The fourth-order valence-electron chi connectivity index (χ4n) is 0.760. The molecule has 0 heterocycles. The Hall–Kier alpha value is 0.167. The molecule has 0 saturated heterocycles. The van der Waals surface area contributed by atoms with Crippen molar-refractivity contribution in [2.24, 2.45) is 0 Å². The van der Waals surface area contributed by atoms with E-state index < -0.39 is 0 Å². The van der Waals surface area contributed by atoms with Gasteiger partial charge >= 0.3 is 0 Å². The highest BCUT2D eigenvalue weighted by Gasteiger charge is 1.91. The maximum absolute atomic E-state index is 2.52. The van der Waals surface area contributed by atoms with Gasteiger partial charge in [-0.25, -0.2) is 0 Å². The van der Waals surface area contributed by atoms with Gasteiger partial charge in [-0.15, -0.1) is 21.8 Å². The second kappa shape index (κ2) is 3.36. The fraction of sp³-hybridized carbons (Fsp3) is 0.143. The Balaban J connectivity index is 3.01. The SMILES string of the molecule is Cc1ccccc1[SiH2]I. The van der Waals surface area contributed by atoms with Crippen molar-refractivity contribution >= 4 is 34.0 Å². The van der Waals surface area contributed by atoms with Crippen LogP contribution in [-0.2, 0) is 0 Å². The van der Waals surface area contributed by atoms with Gasteiger partial charge in [-0.05, 0) is 6.92 Å². The Labute approximate surface area is 70.7 Å². The zero-order chi connectivity index (χ0) is 6.69. The second-order valence-electron chi connectivity index (χ2n) is 2.06. The lowest BCUT2D eigenvalue weighted by atomic mass is 10.2. The van der Waals surface area contributed by atoms with Crippen LogP contribution in [0.2, 0.25) is 0 Å². The third kappa shape index (κ3) is 1.79. The average molecular weight is 248 g/mol. The molecule has 0 fully saturated rings. The van der Waals surface area contributed by atoms with Gasteiger partial charge in [0.2, 0.25) is 0 Å². The maximum atomic E-state index is 2.52. The minimum atomic E-state index is 0.0323. The summed E-state index contributed by atoms with van der Waals surface area (Å²) in [4.78, 5) is 0. The summed E-state index contributed by atoms with van der Waals surface area (Å²) in [5.41, 5.74) is 1.46. The van der Waals surface area contributed by atoms with Gasteiger partial charge in [0.1, 0.15) is 7.02 Å². The summed E-state index contributed by atoms with van der Waals surface area (Å²) >= 11 is 2.52. The van der Waals surface area contributed by atoms with Gasteiger partial charge in [0.25, 0.3) is 0 Å². The van der Waals surface area contributed by atoms with Crippen LogP contribution in [0.3, 0.4) is 0 Å². The standard InChI is InChI=1S/C7H9ISi/c1-6-4-2-3-5-7(6)9-8/h2-5H,9H2,1H3. The van der Waals surface area contributed by atoms with Gasteiger partial charge < -0.3 is 0 Å². The summed E-state index contributed by atoms with van der Waals surface area (Å²) in [5, 5.41) is 1.58. The molecule has 0 aliphatic rings. The molecule has 0 radical (unpaired) electrons. The van der Waals surface area contributed by atoms with E-state index in [1.54, 1.807) is 5.19 Å². The maximum Gasteiger partial charge on any atom is 0.125 e. The molecule has 0 saturated carbocycles. The molecular weight excluding hydrogens is 239 g/mol. The lowest BCUT2D eigenvalue weighted by Crippen LogP contribution is -2.10. The van der Waals surface area contributed by atoms with E-state index >= 15 is 0 Å². The van der Waals surface area contributed by atoms with E-state index in [9.17, 15) is 0 Å². The molecule has 1 rings (SSSR count). The summed E-state index contributed by atoms with van der Waals surface area (Å²) in [7, 11) is 0.0323. The van der Waals surface area contributed by atoms with Crippen molar-refractivity contribution in [2.45, 2.75) is 6.92 Å². The Morgan fingerprint density at radius 1 is 1.33 bits per heavy atom. The average Bonchev–Trinajstić information content (AvgIpc) is 1.89. The van der Waals surface area contributed by atoms with Crippen LogP contribution < -0.4 is 5.19 Å². The first-order valence-electron chi connectivity index (χ1n) is 2.95. The number of benzene rings is 1. The van der Waals surface area contributed by atoms with E-state index in [4.69, 9.17) is 0 Å². The Kier molecular flexibility index (Phi) is 2.72.